The average Bonchev–Trinajstić information content (AvgIpc) is 3.06. The van der Waals surface area contributed by atoms with Crippen molar-refractivity contribution in [2.45, 2.75) is 51.3 Å². The molecule has 174 valence electrons. The number of fused-ring (bicyclic) bond motifs is 1. The molecule has 0 bridgehead atoms. The number of ketones is 1. The summed E-state index contributed by atoms with van der Waals surface area (Å²) in [4.78, 5) is 40.8. The number of Topliss-reactive ketones (excluding diaryl/α,β-unsaturated/α-hetero) is 1. The lowest BCUT2D eigenvalue weighted by atomic mass is 9.89. The second-order valence-corrected chi connectivity index (χ2v) is 9.17. The number of phenols is 1. The molecule has 1 fully saturated rings. The molecule has 0 spiro atoms. The summed E-state index contributed by atoms with van der Waals surface area (Å²) in [7, 11) is 0. The zero-order valence-corrected chi connectivity index (χ0v) is 19.0. The monoisotopic (exact) mass is 450 g/mol. The molecule has 2 aromatic rings. The van der Waals surface area contributed by atoms with Crippen LogP contribution in [-0.4, -0.2) is 52.4 Å². The maximum absolute atomic E-state index is 13.3. The molecule has 2 amide bonds. The Kier molecular flexibility index (Phi) is 6.51. The van der Waals surface area contributed by atoms with Crippen LogP contribution in [-0.2, 0) is 38.5 Å². The summed E-state index contributed by atoms with van der Waals surface area (Å²) in [6.45, 7) is 4.54. The van der Waals surface area contributed by atoms with E-state index < -0.39 is 17.6 Å². The molecular weight excluding hydrogens is 420 g/mol. The molecule has 3 atom stereocenters. The molecule has 0 aliphatic carbocycles. The number of hydrogen-bond acceptors (Lipinski definition) is 5. The van der Waals surface area contributed by atoms with Crippen LogP contribution in [0.1, 0.15) is 37.0 Å². The standard InChI is InChI=1S/C26H30N2O5/c1-17-26(2,23(30)16-33-17)27-25(32)21(13-18-7-9-22(29)10-8-18)14-24(31)28-12-11-19-5-3-4-6-20(19)15-28/h3-10,17,21,29H,11-16H2,1-2H3,(H,27,32). The van der Waals surface area contributed by atoms with Crippen LogP contribution in [0.3, 0.4) is 0 Å². The van der Waals surface area contributed by atoms with Gasteiger partial charge in [0, 0.05) is 19.5 Å². The van der Waals surface area contributed by atoms with E-state index in [4.69, 9.17) is 4.74 Å². The Labute approximate surface area is 193 Å². The van der Waals surface area contributed by atoms with Crippen LogP contribution in [0.4, 0.5) is 0 Å². The number of hydrogen-bond donors (Lipinski definition) is 2. The van der Waals surface area contributed by atoms with Crippen LogP contribution in [0.25, 0.3) is 0 Å². The fraction of sp³-hybridized carbons (Fsp3) is 0.423. The molecule has 2 heterocycles. The highest BCUT2D eigenvalue weighted by Gasteiger charge is 2.47. The number of nitrogens with zero attached hydrogens (tertiary/aromatic N) is 1. The Morgan fingerprint density at radius 2 is 1.88 bits per heavy atom. The third kappa shape index (κ3) is 4.93. The van der Waals surface area contributed by atoms with E-state index in [2.05, 4.69) is 11.4 Å². The summed E-state index contributed by atoms with van der Waals surface area (Å²) in [5, 5.41) is 12.5. The molecule has 33 heavy (non-hydrogen) atoms. The van der Waals surface area contributed by atoms with Crippen molar-refractivity contribution >= 4 is 17.6 Å². The lowest BCUT2D eigenvalue weighted by Crippen LogP contribution is -2.57. The number of phenolic OH excluding ortho intramolecular Hbond substituents is 1. The second kappa shape index (κ2) is 9.35. The molecular formula is C26H30N2O5. The van der Waals surface area contributed by atoms with Crippen LogP contribution >= 0.6 is 0 Å². The van der Waals surface area contributed by atoms with Gasteiger partial charge in [-0.15, -0.1) is 0 Å². The van der Waals surface area contributed by atoms with Crippen LogP contribution in [0.2, 0.25) is 0 Å². The summed E-state index contributed by atoms with van der Waals surface area (Å²) in [6.07, 6.45) is 0.700. The number of aromatic hydroxyl groups is 1. The molecule has 0 saturated carbocycles. The highest BCUT2D eigenvalue weighted by atomic mass is 16.5. The van der Waals surface area contributed by atoms with Crippen molar-refractivity contribution in [2.75, 3.05) is 13.2 Å². The Morgan fingerprint density at radius 3 is 2.55 bits per heavy atom. The first-order chi connectivity index (χ1) is 15.8. The molecule has 4 rings (SSSR count). The van der Waals surface area contributed by atoms with Gasteiger partial charge in [0.15, 0.2) is 5.78 Å². The molecule has 2 N–H and O–H groups in total. The normalized spacial score (nSPS) is 23.2. The van der Waals surface area contributed by atoms with E-state index >= 15 is 0 Å². The van der Waals surface area contributed by atoms with E-state index in [0.717, 1.165) is 17.5 Å². The van der Waals surface area contributed by atoms with Gasteiger partial charge in [-0.1, -0.05) is 36.4 Å². The molecule has 0 aromatic heterocycles. The first-order valence-electron chi connectivity index (χ1n) is 11.4. The minimum atomic E-state index is -1.11. The van der Waals surface area contributed by atoms with Crippen molar-refractivity contribution < 1.29 is 24.2 Å². The van der Waals surface area contributed by atoms with Gasteiger partial charge in [-0.25, -0.2) is 0 Å². The van der Waals surface area contributed by atoms with E-state index in [-0.39, 0.29) is 36.4 Å². The van der Waals surface area contributed by atoms with Crippen LogP contribution < -0.4 is 5.32 Å². The van der Waals surface area contributed by atoms with Crippen molar-refractivity contribution in [3.8, 4) is 5.75 Å². The predicted molar refractivity (Wildman–Crippen MR) is 122 cm³/mol. The van der Waals surface area contributed by atoms with Gasteiger partial charge in [0.2, 0.25) is 11.8 Å². The first kappa shape index (κ1) is 23.0. The van der Waals surface area contributed by atoms with Crippen molar-refractivity contribution in [2.24, 2.45) is 5.92 Å². The van der Waals surface area contributed by atoms with E-state index in [1.54, 1.807) is 43.0 Å². The molecule has 2 aliphatic heterocycles. The quantitative estimate of drug-likeness (QED) is 0.705. The summed E-state index contributed by atoms with van der Waals surface area (Å²) < 4.78 is 5.44. The van der Waals surface area contributed by atoms with Gasteiger partial charge in [0.05, 0.1) is 12.0 Å². The minimum Gasteiger partial charge on any atom is -0.508 e. The number of nitrogens with one attached hydrogen (secondary N) is 1. The SMILES string of the molecule is CC1OCC(=O)C1(C)NC(=O)C(CC(=O)N1CCc2ccccc2C1)Cc1ccc(O)cc1. The fourth-order valence-electron chi connectivity index (χ4n) is 4.50. The number of amides is 2. The lowest BCUT2D eigenvalue weighted by molar-refractivity contribution is -0.138. The molecule has 7 heteroatoms. The smallest absolute Gasteiger partial charge is 0.224 e. The molecule has 7 nitrogen and oxygen atoms in total. The molecule has 0 radical (unpaired) electrons. The third-order valence-electron chi connectivity index (χ3n) is 6.93. The number of ether oxygens (including phenoxy) is 1. The van der Waals surface area contributed by atoms with E-state index in [1.165, 1.54) is 5.56 Å². The van der Waals surface area contributed by atoms with Crippen molar-refractivity contribution in [1.82, 2.24) is 10.2 Å². The van der Waals surface area contributed by atoms with Gasteiger partial charge < -0.3 is 20.1 Å². The predicted octanol–water partition coefficient (Wildman–Crippen LogP) is 2.39. The zero-order valence-electron chi connectivity index (χ0n) is 19.0. The van der Waals surface area contributed by atoms with Gasteiger partial charge in [-0.2, -0.15) is 0 Å². The summed E-state index contributed by atoms with van der Waals surface area (Å²) in [5.41, 5.74) is 2.10. The molecule has 1 saturated heterocycles. The summed E-state index contributed by atoms with van der Waals surface area (Å²) >= 11 is 0. The van der Waals surface area contributed by atoms with Crippen molar-refractivity contribution in [1.29, 1.82) is 0 Å². The van der Waals surface area contributed by atoms with Crippen molar-refractivity contribution in [3.63, 3.8) is 0 Å². The van der Waals surface area contributed by atoms with Crippen LogP contribution in [0.5, 0.6) is 5.75 Å². The van der Waals surface area contributed by atoms with Crippen LogP contribution in [0.15, 0.2) is 48.5 Å². The van der Waals surface area contributed by atoms with Crippen LogP contribution in [0, 0.1) is 5.92 Å². The van der Waals surface area contributed by atoms with Gasteiger partial charge in [-0.05, 0) is 55.5 Å². The Hall–Kier alpha value is -3.19. The second-order valence-electron chi connectivity index (χ2n) is 9.17. The Balaban J connectivity index is 1.51. The highest BCUT2D eigenvalue weighted by Crippen LogP contribution is 2.25. The third-order valence-corrected chi connectivity index (χ3v) is 6.93. The molecule has 2 aromatic carbocycles. The van der Waals surface area contributed by atoms with Gasteiger partial charge >= 0.3 is 0 Å². The summed E-state index contributed by atoms with van der Waals surface area (Å²) in [5.74, 6) is -1.13. The minimum absolute atomic E-state index is 0.0350. The lowest BCUT2D eigenvalue weighted by Gasteiger charge is -2.32. The fourth-order valence-corrected chi connectivity index (χ4v) is 4.50. The Morgan fingerprint density at radius 1 is 1.18 bits per heavy atom. The maximum Gasteiger partial charge on any atom is 0.224 e. The summed E-state index contributed by atoms with van der Waals surface area (Å²) in [6, 6.07) is 14.7. The number of benzene rings is 2. The van der Waals surface area contributed by atoms with E-state index in [9.17, 15) is 19.5 Å². The zero-order chi connectivity index (χ0) is 23.6. The van der Waals surface area contributed by atoms with E-state index in [1.807, 2.05) is 18.2 Å². The topological polar surface area (TPSA) is 95.9 Å². The van der Waals surface area contributed by atoms with Gasteiger partial charge in [0.25, 0.3) is 0 Å². The number of rotatable bonds is 6. The van der Waals surface area contributed by atoms with Crippen molar-refractivity contribution in [3.05, 3.63) is 65.2 Å². The Bertz CT molecular complexity index is 1050. The molecule has 2 aliphatic rings. The maximum atomic E-state index is 13.3. The largest absolute Gasteiger partial charge is 0.508 e. The average molecular weight is 451 g/mol. The molecule has 3 unspecified atom stereocenters. The van der Waals surface area contributed by atoms with Gasteiger partial charge in [-0.3, -0.25) is 14.4 Å². The first-order valence-corrected chi connectivity index (χ1v) is 11.4. The number of carbonyl (C=O) groups is 3. The van der Waals surface area contributed by atoms with E-state index in [0.29, 0.717) is 19.5 Å². The number of carbonyl (C=O) groups excluding carboxylic acids is 3. The van der Waals surface area contributed by atoms with Gasteiger partial charge in [0.1, 0.15) is 17.9 Å². The highest BCUT2D eigenvalue weighted by molar-refractivity contribution is 5.96.